The molecular weight excluding hydrogens is 136 g/mol. The highest BCUT2D eigenvalue weighted by Crippen LogP contribution is 2.12. The molecule has 1 aromatic carbocycles. The van der Waals surface area contributed by atoms with Crippen LogP contribution in [0.3, 0.4) is 0 Å². The van der Waals surface area contributed by atoms with E-state index in [2.05, 4.69) is 29.1 Å². The average molecular weight is 145 g/mol. The summed E-state index contributed by atoms with van der Waals surface area (Å²) in [6.07, 6.45) is 2.08. The molecule has 2 heteroatoms. The summed E-state index contributed by atoms with van der Waals surface area (Å²) in [5, 5.41) is 0. The maximum Gasteiger partial charge on any atom is 0.0820 e. The van der Waals surface area contributed by atoms with Crippen LogP contribution in [0, 0.1) is 0 Å². The Kier molecular flexibility index (Phi) is 1.61. The van der Waals surface area contributed by atoms with E-state index in [-0.39, 0.29) is 0 Å². The highest BCUT2D eigenvalue weighted by molar-refractivity contribution is 5.64. The first-order chi connectivity index (χ1) is 5.47. The number of hydrogen-bond acceptors (Lipinski definition) is 1. The van der Waals surface area contributed by atoms with Crippen LogP contribution in [0.1, 0.15) is 5.56 Å². The average Bonchev–Trinajstić information content (AvgIpc) is 2.58. The lowest BCUT2D eigenvalue weighted by Gasteiger charge is -1.98. The number of hydrogen-bond donors (Lipinski definition) is 1. The number of nitrogens with one attached hydrogen (secondary N) is 1. The maximum absolute atomic E-state index is 4.12. The lowest BCUT2D eigenvalue weighted by Crippen LogP contribution is -2.15. The van der Waals surface area contributed by atoms with Crippen LogP contribution in [0.25, 0.3) is 5.70 Å². The molecule has 0 spiro atoms. The summed E-state index contributed by atoms with van der Waals surface area (Å²) in [7, 11) is 0. The summed E-state index contributed by atoms with van der Waals surface area (Å²) in [6.45, 7) is 0.851. The Morgan fingerprint density at radius 3 is 2.64 bits per heavy atom. The Balaban J connectivity index is 2.29. The summed E-state index contributed by atoms with van der Waals surface area (Å²) in [4.78, 5) is 0. The van der Waals surface area contributed by atoms with Gasteiger partial charge in [-0.25, -0.2) is 10.9 Å². The second-order valence-electron chi connectivity index (χ2n) is 2.43. The molecule has 0 unspecified atom stereocenters. The van der Waals surface area contributed by atoms with E-state index < -0.39 is 0 Å². The molecule has 1 aliphatic rings. The number of nitrogens with zero attached hydrogens (tertiary/aromatic N) is 1. The monoisotopic (exact) mass is 145 g/mol. The van der Waals surface area contributed by atoms with Crippen molar-refractivity contribution in [1.29, 1.82) is 0 Å². The minimum Gasteiger partial charge on any atom is -0.210 e. The molecular formula is C9H9N2. The Morgan fingerprint density at radius 1 is 1.18 bits per heavy atom. The molecule has 55 valence electrons. The van der Waals surface area contributed by atoms with Gasteiger partial charge < -0.3 is 0 Å². The largest absolute Gasteiger partial charge is 0.210 e. The highest BCUT2D eigenvalue weighted by atomic mass is 15.4. The lowest BCUT2D eigenvalue weighted by molar-refractivity contribution is 0.725. The van der Waals surface area contributed by atoms with Gasteiger partial charge in [0.25, 0.3) is 0 Å². The molecule has 1 radical (unpaired) electrons. The normalized spacial score (nSPS) is 15.8. The fourth-order valence-electron chi connectivity index (χ4n) is 1.11. The standard InChI is InChI=1S/C9H9N2/c1-2-4-8(5-3-1)9-6-7-10-11-9/h1-6,10H,7H2. The molecule has 0 saturated heterocycles. The molecule has 1 aliphatic heterocycles. The molecule has 2 rings (SSSR count). The van der Waals surface area contributed by atoms with Crippen LogP contribution < -0.4 is 10.9 Å². The van der Waals surface area contributed by atoms with E-state index in [1.165, 1.54) is 5.56 Å². The molecule has 1 N–H and O–H groups in total. The predicted molar refractivity (Wildman–Crippen MR) is 44.6 cm³/mol. The topological polar surface area (TPSA) is 26.1 Å². The zero-order chi connectivity index (χ0) is 7.52. The molecule has 2 nitrogen and oxygen atoms in total. The molecule has 0 amide bonds. The van der Waals surface area contributed by atoms with Gasteiger partial charge in [0.2, 0.25) is 0 Å². The fraction of sp³-hybridized carbons (Fsp3) is 0.111. The van der Waals surface area contributed by atoms with Gasteiger partial charge in [0, 0.05) is 12.1 Å². The summed E-state index contributed by atoms with van der Waals surface area (Å²) in [6, 6.07) is 10.2. The Labute approximate surface area is 65.9 Å². The minimum absolute atomic E-state index is 0.851. The third-order valence-electron chi connectivity index (χ3n) is 1.66. The summed E-state index contributed by atoms with van der Waals surface area (Å²) in [5.41, 5.74) is 9.25. The van der Waals surface area contributed by atoms with Crippen molar-refractivity contribution >= 4 is 5.70 Å². The van der Waals surface area contributed by atoms with Crippen LogP contribution in [0.4, 0.5) is 0 Å². The zero-order valence-electron chi connectivity index (χ0n) is 6.12. The second-order valence-corrected chi connectivity index (χ2v) is 2.43. The van der Waals surface area contributed by atoms with Gasteiger partial charge in [0.15, 0.2) is 0 Å². The van der Waals surface area contributed by atoms with E-state index in [1.807, 2.05) is 18.2 Å². The summed E-state index contributed by atoms with van der Waals surface area (Å²) >= 11 is 0. The lowest BCUT2D eigenvalue weighted by atomic mass is 10.2. The molecule has 11 heavy (non-hydrogen) atoms. The molecule has 0 fully saturated rings. The number of benzene rings is 1. The molecule has 1 aromatic rings. The van der Waals surface area contributed by atoms with E-state index in [4.69, 9.17) is 0 Å². The third kappa shape index (κ3) is 1.25. The van der Waals surface area contributed by atoms with E-state index in [1.54, 1.807) is 0 Å². The van der Waals surface area contributed by atoms with Crippen LogP contribution >= 0.6 is 0 Å². The molecule has 0 bridgehead atoms. The first-order valence-corrected chi connectivity index (χ1v) is 3.66. The third-order valence-corrected chi connectivity index (χ3v) is 1.66. The van der Waals surface area contributed by atoms with Gasteiger partial charge in [-0.3, -0.25) is 0 Å². The second kappa shape index (κ2) is 2.76. The quantitative estimate of drug-likeness (QED) is 0.630. The van der Waals surface area contributed by atoms with Crippen molar-refractivity contribution in [2.45, 2.75) is 0 Å². The van der Waals surface area contributed by atoms with Crippen LogP contribution in [0.15, 0.2) is 36.4 Å². The Morgan fingerprint density at radius 2 is 2.00 bits per heavy atom. The SMILES string of the molecule is C1=C(c2ccccc2)[N]NC1. The van der Waals surface area contributed by atoms with E-state index >= 15 is 0 Å². The van der Waals surface area contributed by atoms with Gasteiger partial charge in [-0.05, 0) is 6.08 Å². The number of rotatable bonds is 1. The summed E-state index contributed by atoms with van der Waals surface area (Å²) < 4.78 is 0. The van der Waals surface area contributed by atoms with Crippen molar-refractivity contribution in [3.8, 4) is 0 Å². The molecule has 0 saturated carbocycles. The first-order valence-electron chi connectivity index (χ1n) is 3.66. The molecule has 1 heterocycles. The smallest absolute Gasteiger partial charge is 0.0820 e. The fourth-order valence-corrected chi connectivity index (χ4v) is 1.11. The van der Waals surface area contributed by atoms with Crippen molar-refractivity contribution in [1.82, 2.24) is 10.9 Å². The first kappa shape index (κ1) is 6.43. The van der Waals surface area contributed by atoms with Gasteiger partial charge in [0.1, 0.15) is 0 Å². The zero-order valence-corrected chi connectivity index (χ0v) is 6.12. The highest BCUT2D eigenvalue weighted by Gasteiger charge is 2.05. The van der Waals surface area contributed by atoms with E-state index in [9.17, 15) is 0 Å². The van der Waals surface area contributed by atoms with Crippen molar-refractivity contribution < 1.29 is 0 Å². The van der Waals surface area contributed by atoms with Gasteiger partial charge in [0.05, 0.1) is 5.70 Å². The summed E-state index contributed by atoms with van der Waals surface area (Å²) in [5.74, 6) is 0. The van der Waals surface area contributed by atoms with Crippen LogP contribution in [0.5, 0.6) is 0 Å². The van der Waals surface area contributed by atoms with Crippen LogP contribution in [-0.2, 0) is 0 Å². The molecule has 0 aliphatic carbocycles. The molecule has 0 aromatic heterocycles. The van der Waals surface area contributed by atoms with E-state index in [0.717, 1.165) is 12.2 Å². The minimum atomic E-state index is 0.851. The van der Waals surface area contributed by atoms with Gasteiger partial charge in [-0.15, -0.1) is 0 Å². The van der Waals surface area contributed by atoms with Crippen molar-refractivity contribution in [2.24, 2.45) is 0 Å². The van der Waals surface area contributed by atoms with Gasteiger partial charge in [-0.2, -0.15) is 0 Å². The van der Waals surface area contributed by atoms with Crippen LogP contribution in [-0.4, -0.2) is 6.54 Å². The molecule has 0 atom stereocenters. The van der Waals surface area contributed by atoms with Crippen molar-refractivity contribution in [3.63, 3.8) is 0 Å². The van der Waals surface area contributed by atoms with Gasteiger partial charge in [-0.1, -0.05) is 30.3 Å². The van der Waals surface area contributed by atoms with Crippen LogP contribution in [0.2, 0.25) is 0 Å². The maximum atomic E-state index is 4.12. The van der Waals surface area contributed by atoms with Crippen molar-refractivity contribution in [3.05, 3.63) is 42.0 Å². The Bertz CT molecular complexity index is 264. The van der Waals surface area contributed by atoms with E-state index in [0.29, 0.717) is 0 Å². The van der Waals surface area contributed by atoms with Crippen molar-refractivity contribution in [2.75, 3.05) is 6.54 Å². The predicted octanol–water partition coefficient (Wildman–Crippen LogP) is 1.15. The van der Waals surface area contributed by atoms with Gasteiger partial charge >= 0.3 is 0 Å². The Hall–Kier alpha value is -1.28.